The number of rotatable bonds is 4. The monoisotopic (exact) mass is 284 g/mol. The maximum absolute atomic E-state index is 12.4. The molecular weight excluding hydrogens is 269 g/mol. The Kier molecular flexibility index (Phi) is 4.77. The molecule has 1 aromatic carbocycles. The number of halogens is 3. The van der Waals surface area contributed by atoms with Crippen LogP contribution in [0.2, 0.25) is 0 Å². The summed E-state index contributed by atoms with van der Waals surface area (Å²) in [4.78, 5) is 11.8. The van der Waals surface area contributed by atoms with Crippen LogP contribution in [-0.4, -0.2) is 12.5 Å². The van der Waals surface area contributed by atoms with Crippen LogP contribution in [-0.2, 0) is 17.4 Å². The second kappa shape index (κ2) is 5.95. The zero-order valence-corrected chi connectivity index (χ0v) is 11.2. The molecule has 0 aliphatic carbocycles. The van der Waals surface area contributed by atoms with Gasteiger partial charge in [0.05, 0.1) is 11.6 Å². The lowest BCUT2D eigenvalue weighted by molar-refractivity contribution is -0.137. The molecule has 1 rings (SSSR count). The number of carbonyl (C=O) groups is 1. The fraction of sp³-hybridized carbons (Fsp3) is 0.429. The first-order valence-corrected chi connectivity index (χ1v) is 5.98. The molecule has 0 fully saturated rings. The van der Waals surface area contributed by atoms with Crippen LogP contribution in [0.5, 0.6) is 0 Å². The lowest BCUT2D eigenvalue weighted by Crippen LogP contribution is -2.38. The topological polar surface area (TPSA) is 52.9 Å². The van der Waals surface area contributed by atoms with Crippen LogP contribution in [0.25, 0.3) is 0 Å². The third-order valence-corrected chi connectivity index (χ3v) is 2.87. The highest BCUT2D eigenvalue weighted by Crippen LogP contribution is 2.30. The van der Waals surface area contributed by atoms with Gasteiger partial charge in [0, 0.05) is 5.41 Å². The van der Waals surface area contributed by atoms with Gasteiger partial charge >= 0.3 is 6.18 Å². The first-order chi connectivity index (χ1) is 9.16. The molecule has 0 unspecified atom stereocenters. The van der Waals surface area contributed by atoms with E-state index in [4.69, 9.17) is 5.26 Å². The van der Waals surface area contributed by atoms with E-state index in [-0.39, 0.29) is 12.5 Å². The zero-order chi connectivity index (χ0) is 15.4. The Morgan fingerprint density at radius 1 is 1.25 bits per heavy atom. The average molecular weight is 284 g/mol. The van der Waals surface area contributed by atoms with E-state index >= 15 is 0 Å². The Hall–Kier alpha value is -2.03. The highest BCUT2D eigenvalue weighted by atomic mass is 19.4. The largest absolute Gasteiger partial charge is 0.416 e. The van der Waals surface area contributed by atoms with Crippen molar-refractivity contribution in [1.29, 1.82) is 5.26 Å². The van der Waals surface area contributed by atoms with Crippen LogP contribution in [0, 0.1) is 16.7 Å². The Labute approximate surface area is 115 Å². The van der Waals surface area contributed by atoms with E-state index in [0.29, 0.717) is 12.0 Å². The van der Waals surface area contributed by atoms with Crippen molar-refractivity contribution >= 4 is 5.91 Å². The van der Waals surface area contributed by atoms with E-state index in [2.05, 4.69) is 5.32 Å². The number of hydrogen-bond acceptors (Lipinski definition) is 2. The van der Waals surface area contributed by atoms with E-state index in [1.807, 2.05) is 0 Å². The molecule has 108 valence electrons. The number of nitriles is 1. The molecule has 0 saturated carbocycles. The van der Waals surface area contributed by atoms with E-state index in [1.165, 1.54) is 12.1 Å². The molecular formula is C14H15F3N2O. The number of carbonyl (C=O) groups excluding carboxylic acids is 1. The van der Waals surface area contributed by atoms with Crippen molar-refractivity contribution in [3.63, 3.8) is 0 Å². The van der Waals surface area contributed by atoms with Crippen LogP contribution in [0.3, 0.4) is 0 Å². The van der Waals surface area contributed by atoms with Crippen LogP contribution in [0.15, 0.2) is 24.3 Å². The minimum atomic E-state index is -4.36. The molecule has 20 heavy (non-hydrogen) atoms. The van der Waals surface area contributed by atoms with Crippen molar-refractivity contribution in [2.24, 2.45) is 5.41 Å². The van der Waals surface area contributed by atoms with E-state index in [1.54, 1.807) is 19.9 Å². The Bertz CT molecular complexity index is 513. The lowest BCUT2D eigenvalue weighted by Gasteiger charge is -2.23. The number of hydrogen-bond donors (Lipinski definition) is 1. The summed E-state index contributed by atoms with van der Waals surface area (Å²) in [6.07, 6.45) is -4.07. The zero-order valence-electron chi connectivity index (χ0n) is 11.2. The summed E-state index contributed by atoms with van der Waals surface area (Å²) in [5.74, 6) is -0.307. The SMILES string of the molecule is CC(C)(Cc1ccc(C(F)(F)F)cc1)C(=O)NCC#N. The summed E-state index contributed by atoms with van der Waals surface area (Å²) >= 11 is 0. The van der Waals surface area contributed by atoms with Crippen molar-refractivity contribution in [3.05, 3.63) is 35.4 Å². The molecule has 0 aliphatic heterocycles. The molecule has 0 radical (unpaired) electrons. The Morgan fingerprint density at radius 2 is 1.80 bits per heavy atom. The van der Waals surface area contributed by atoms with Crippen LogP contribution in [0.4, 0.5) is 13.2 Å². The summed E-state index contributed by atoms with van der Waals surface area (Å²) < 4.78 is 37.3. The highest BCUT2D eigenvalue weighted by molar-refractivity contribution is 5.82. The summed E-state index contributed by atoms with van der Waals surface area (Å²) in [7, 11) is 0. The van der Waals surface area contributed by atoms with Gasteiger partial charge < -0.3 is 5.32 Å². The summed E-state index contributed by atoms with van der Waals surface area (Å²) in [6, 6.07) is 6.53. The standard InChI is InChI=1S/C14H15F3N2O/c1-13(2,12(20)19-8-7-18)9-10-3-5-11(6-4-10)14(15,16)17/h3-6H,8-9H2,1-2H3,(H,19,20). The third kappa shape index (κ3) is 4.26. The molecule has 0 heterocycles. The number of alkyl halides is 3. The van der Waals surface area contributed by atoms with Crippen LogP contribution in [0.1, 0.15) is 25.0 Å². The number of amides is 1. The lowest BCUT2D eigenvalue weighted by atomic mass is 9.84. The summed E-state index contributed by atoms with van der Waals surface area (Å²) in [5.41, 5.74) is -0.876. The van der Waals surface area contributed by atoms with Crippen LogP contribution >= 0.6 is 0 Å². The van der Waals surface area contributed by atoms with Gasteiger partial charge in [-0.05, 0) is 24.1 Å². The summed E-state index contributed by atoms with van der Waals surface area (Å²) in [6.45, 7) is 3.27. The predicted molar refractivity (Wildman–Crippen MR) is 67.6 cm³/mol. The Morgan fingerprint density at radius 3 is 2.25 bits per heavy atom. The molecule has 1 N–H and O–H groups in total. The first kappa shape index (κ1) is 16.0. The maximum atomic E-state index is 12.4. The summed E-state index contributed by atoms with van der Waals surface area (Å²) in [5, 5.41) is 10.9. The molecule has 1 amide bonds. The van der Waals surface area contributed by atoms with Crippen molar-refractivity contribution in [3.8, 4) is 6.07 Å². The second-order valence-corrected chi connectivity index (χ2v) is 5.10. The van der Waals surface area contributed by atoms with Gasteiger partial charge in [0.15, 0.2) is 0 Å². The van der Waals surface area contributed by atoms with Crippen LogP contribution < -0.4 is 5.32 Å². The van der Waals surface area contributed by atoms with E-state index in [9.17, 15) is 18.0 Å². The fourth-order valence-corrected chi connectivity index (χ4v) is 1.76. The maximum Gasteiger partial charge on any atom is 0.416 e. The molecule has 0 atom stereocenters. The van der Waals surface area contributed by atoms with Crippen molar-refractivity contribution in [1.82, 2.24) is 5.32 Å². The Balaban J connectivity index is 2.78. The highest BCUT2D eigenvalue weighted by Gasteiger charge is 2.31. The number of nitrogens with one attached hydrogen (secondary N) is 1. The van der Waals surface area contributed by atoms with Gasteiger partial charge in [-0.2, -0.15) is 18.4 Å². The number of benzene rings is 1. The van der Waals surface area contributed by atoms with Crippen molar-refractivity contribution in [2.45, 2.75) is 26.4 Å². The third-order valence-electron chi connectivity index (χ3n) is 2.87. The average Bonchev–Trinajstić information content (AvgIpc) is 2.34. The molecule has 0 aromatic heterocycles. The van der Waals surface area contributed by atoms with Gasteiger partial charge in [0.2, 0.25) is 5.91 Å². The van der Waals surface area contributed by atoms with Gasteiger partial charge in [-0.25, -0.2) is 0 Å². The molecule has 0 aliphatic rings. The molecule has 0 saturated heterocycles. The molecule has 6 heteroatoms. The quantitative estimate of drug-likeness (QED) is 0.864. The fourth-order valence-electron chi connectivity index (χ4n) is 1.76. The second-order valence-electron chi connectivity index (χ2n) is 5.10. The van der Waals surface area contributed by atoms with Gasteiger partial charge in [-0.1, -0.05) is 26.0 Å². The smallest absolute Gasteiger partial charge is 0.343 e. The minimum Gasteiger partial charge on any atom is -0.343 e. The molecule has 3 nitrogen and oxygen atoms in total. The van der Waals surface area contributed by atoms with Gasteiger partial charge in [-0.15, -0.1) is 0 Å². The first-order valence-electron chi connectivity index (χ1n) is 5.98. The van der Waals surface area contributed by atoms with Gasteiger partial charge in [0.25, 0.3) is 0 Å². The predicted octanol–water partition coefficient (Wildman–Crippen LogP) is 2.91. The minimum absolute atomic E-state index is 0.0880. The van der Waals surface area contributed by atoms with Crippen molar-refractivity contribution in [2.75, 3.05) is 6.54 Å². The van der Waals surface area contributed by atoms with E-state index < -0.39 is 17.2 Å². The van der Waals surface area contributed by atoms with Crippen molar-refractivity contribution < 1.29 is 18.0 Å². The van der Waals surface area contributed by atoms with Gasteiger partial charge in [0.1, 0.15) is 6.54 Å². The molecule has 0 bridgehead atoms. The molecule has 0 spiro atoms. The normalized spacial score (nSPS) is 11.8. The van der Waals surface area contributed by atoms with E-state index in [0.717, 1.165) is 12.1 Å². The van der Waals surface area contributed by atoms with Gasteiger partial charge in [-0.3, -0.25) is 4.79 Å². The number of nitrogens with zero attached hydrogens (tertiary/aromatic N) is 1. The molecule has 1 aromatic rings.